The number of nitro benzene ring substituents is 1. The van der Waals surface area contributed by atoms with Gasteiger partial charge in [-0.05, 0) is 24.3 Å². The van der Waals surface area contributed by atoms with Crippen LogP contribution in [0.1, 0.15) is 0 Å². The molecule has 2 aromatic carbocycles. The molecule has 0 unspecified atom stereocenters. The highest BCUT2D eigenvalue weighted by atomic mass is 35.5. The molecular formula is C14H8ClN3O3. The Balaban J connectivity index is 2.09. The van der Waals surface area contributed by atoms with E-state index >= 15 is 0 Å². The molecule has 0 aliphatic carbocycles. The van der Waals surface area contributed by atoms with Crippen molar-refractivity contribution in [1.82, 2.24) is 9.97 Å². The first-order valence-electron chi connectivity index (χ1n) is 5.96. The second-order valence-corrected chi connectivity index (χ2v) is 4.60. The van der Waals surface area contributed by atoms with Gasteiger partial charge in [0, 0.05) is 11.1 Å². The minimum absolute atomic E-state index is 0.0771. The molecule has 1 aromatic heterocycles. The van der Waals surface area contributed by atoms with Gasteiger partial charge < -0.3 is 4.74 Å². The Morgan fingerprint density at radius 1 is 1.14 bits per heavy atom. The van der Waals surface area contributed by atoms with Gasteiger partial charge in [0.2, 0.25) is 11.6 Å². The Morgan fingerprint density at radius 3 is 2.76 bits per heavy atom. The summed E-state index contributed by atoms with van der Waals surface area (Å²) in [6.45, 7) is 0. The van der Waals surface area contributed by atoms with Crippen LogP contribution in [0, 0.1) is 10.1 Å². The van der Waals surface area contributed by atoms with Crippen molar-refractivity contribution in [2.24, 2.45) is 0 Å². The van der Waals surface area contributed by atoms with Gasteiger partial charge in [-0.1, -0.05) is 23.7 Å². The van der Waals surface area contributed by atoms with Crippen molar-refractivity contribution in [3.63, 3.8) is 0 Å². The maximum atomic E-state index is 11.1. The largest absolute Gasteiger partial charge is 0.431 e. The third-order valence-corrected chi connectivity index (χ3v) is 3.07. The zero-order valence-corrected chi connectivity index (χ0v) is 11.3. The van der Waals surface area contributed by atoms with Gasteiger partial charge in [0.15, 0.2) is 0 Å². The lowest BCUT2D eigenvalue weighted by Gasteiger charge is -2.07. The molecule has 3 rings (SSSR count). The Morgan fingerprint density at radius 2 is 1.95 bits per heavy atom. The van der Waals surface area contributed by atoms with Crippen LogP contribution < -0.4 is 4.74 Å². The summed E-state index contributed by atoms with van der Waals surface area (Å²) in [5, 5.41) is 12.0. The molecule has 0 amide bonds. The van der Waals surface area contributed by atoms with Gasteiger partial charge in [0.25, 0.3) is 0 Å². The molecule has 0 fully saturated rings. The summed E-state index contributed by atoms with van der Waals surface area (Å²) >= 11 is 5.77. The van der Waals surface area contributed by atoms with Crippen molar-refractivity contribution < 1.29 is 9.66 Å². The summed E-state index contributed by atoms with van der Waals surface area (Å²) in [6, 6.07) is 11.4. The van der Waals surface area contributed by atoms with E-state index < -0.39 is 4.92 Å². The highest BCUT2D eigenvalue weighted by Crippen LogP contribution is 2.34. The number of rotatable bonds is 3. The zero-order chi connectivity index (χ0) is 14.8. The molecular weight excluding hydrogens is 294 g/mol. The number of para-hydroxylation sites is 1. The normalized spacial score (nSPS) is 10.5. The third-order valence-electron chi connectivity index (χ3n) is 2.83. The van der Waals surface area contributed by atoms with Crippen molar-refractivity contribution in [3.05, 3.63) is 63.9 Å². The summed E-state index contributed by atoms with van der Waals surface area (Å²) in [6.07, 6.45) is 1.35. The van der Waals surface area contributed by atoms with Gasteiger partial charge in [-0.25, -0.2) is 9.97 Å². The van der Waals surface area contributed by atoms with E-state index in [-0.39, 0.29) is 22.3 Å². The lowest BCUT2D eigenvalue weighted by Crippen LogP contribution is -1.96. The van der Waals surface area contributed by atoms with E-state index in [2.05, 4.69) is 9.97 Å². The van der Waals surface area contributed by atoms with Crippen molar-refractivity contribution in [2.45, 2.75) is 0 Å². The molecule has 0 bridgehead atoms. The van der Waals surface area contributed by atoms with Crippen molar-refractivity contribution in [3.8, 4) is 11.6 Å². The van der Waals surface area contributed by atoms with Crippen LogP contribution in [0.5, 0.6) is 11.6 Å². The average molecular weight is 302 g/mol. The molecule has 0 N–H and O–H groups in total. The molecule has 6 nitrogen and oxygen atoms in total. The van der Waals surface area contributed by atoms with Crippen LogP contribution in [0.2, 0.25) is 5.02 Å². The van der Waals surface area contributed by atoms with Gasteiger partial charge in [0.05, 0.1) is 15.8 Å². The molecule has 0 spiro atoms. The predicted molar refractivity (Wildman–Crippen MR) is 77.7 cm³/mol. The summed E-state index contributed by atoms with van der Waals surface area (Å²) in [5.41, 5.74) is 0.476. The number of benzene rings is 2. The Labute approximate surface area is 124 Å². The Bertz CT molecular complexity index is 833. The van der Waals surface area contributed by atoms with Gasteiger partial charge in [-0.2, -0.15) is 0 Å². The summed E-state index contributed by atoms with van der Waals surface area (Å²) in [4.78, 5) is 18.7. The van der Waals surface area contributed by atoms with E-state index in [1.807, 2.05) is 12.1 Å². The van der Waals surface area contributed by atoms with Gasteiger partial charge in [0.1, 0.15) is 6.33 Å². The standard InChI is InChI=1S/C14H8ClN3O3/c15-9-5-6-13(12(7-9)18(19)20)21-14-10-3-1-2-4-11(10)16-8-17-14/h1-8H. The lowest BCUT2D eigenvalue weighted by molar-refractivity contribution is -0.385. The fraction of sp³-hybridized carbons (Fsp3) is 0. The average Bonchev–Trinajstić information content (AvgIpc) is 2.49. The van der Waals surface area contributed by atoms with Crippen molar-refractivity contribution >= 4 is 28.2 Å². The van der Waals surface area contributed by atoms with Crippen molar-refractivity contribution in [1.29, 1.82) is 0 Å². The van der Waals surface area contributed by atoms with E-state index in [4.69, 9.17) is 16.3 Å². The molecule has 0 saturated heterocycles. The number of nitro groups is 1. The fourth-order valence-corrected chi connectivity index (χ4v) is 2.05. The first-order chi connectivity index (χ1) is 10.1. The smallest absolute Gasteiger partial charge is 0.313 e. The molecule has 3 aromatic rings. The monoisotopic (exact) mass is 301 g/mol. The van der Waals surface area contributed by atoms with Crippen LogP contribution in [-0.2, 0) is 0 Å². The third kappa shape index (κ3) is 2.61. The molecule has 7 heteroatoms. The molecule has 0 saturated carbocycles. The van der Waals surface area contributed by atoms with Crippen LogP contribution in [-0.4, -0.2) is 14.9 Å². The molecule has 0 aliphatic rings. The number of fused-ring (bicyclic) bond motifs is 1. The number of aromatic nitrogens is 2. The van der Waals surface area contributed by atoms with Crippen molar-refractivity contribution in [2.75, 3.05) is 0 Å². The van der Waals surface area contributed by atoms with Crippen LogP contribution >= 0.6 is 11.6 Å². The maximum absolute atomic E-state index is 11.1. The maximum Gasteiger partial charge on any atom is 0.313 e. The number of ether oxygens (including phenoxy) is 1. The van der Waals surface area contributed by atoms with Gasteiger partial charge in [-0.3, -0.25) is 10.1 Å². The minimum atomic E-state index is -0.551. The van der Waals surface area contributed by atoms with Crippen LogP contribution in [0.4, 0.5) is 5.69 Å². The Hall–Kier alpha value is -2.73. The SMILES string of the molecule is O=[N+]([O-])c1cc(Cl)ccc1Oc1ncnc2ccccc12. The predicted octanol–water partition coefficient (Wildman–Crippen LogP) is 3.98. The van der Waals surface area contributed by atoms with E-state index in [1.165, 1.54) is 24.5 Å². The molecule has 104 valence electrons. The molecule has 0 aliphatic heterocycles. The summed E-state index contributed by atoms with van der Waals surface area (Å²) < 4.78 is 5.59. The number of nitrogens with zero attached hydrogens (tertiary/aromatic N) is 3. The Kier molecular flexibility index (Phi) is 3.37. The second kappa shape index (κ2) is 5.34. The number of hydrogen-bond donors (Lipinski definition) is 0. The number of hydrogen-bond acceptors (Lipinski definition) is 5. The number of halogens is 1. The lowest BCUT2D eigenvalue weighted by atomic mass is 10.2. The summed E-state index contributed by atoms with van der Waals surface area (Å²) in [5.74, 6) is 0.333. The molecule has 0 atom stereocenters. The van der Waals surface area contributed by atoms with E-state index in [9.17, 15) is 10.1 Å². The fourth-order valence-electron chi connectivity index (χ4n) is 1.89. The first-order valence-corrected chi connectivity index (χ1v) is 6.34. The van der Waals surface area contributed by atoms with Gasteiger partial charge >= 0.3 is 5.69 Å². The molecule has 21 heavy (non-hydrogen) atoms. The van der Waals surface area contributed by atoms with Crippen LogP contribution in [0.3, 0.4) is 0 Å². The van der Waals surface area contributed by atoms with E-state index in [0.29, 0.717) is 10.9 Å². The van der Waals surface area contributed by atoms with Crippen LogP contribution in [0.25, 0.3) is 10.9 Å². The highest BCUT2D eigenvalue weighted by Gasteiger charge is 2.18. The molecule has 1 heterocycles. The second-order valence-electron chi connectivity index (χ2n) is 4.17. The summed E-state index contributed by atoms with van der Waals surface area (Å²) in [7, 11) is 0. The zero-order valence-electron chi connectivity index (χ0n) is 10.6. The molecule has 0 radical (unpaired) electrons. The van der Waals surface area contributed by atoms with Crippen LogP contribution in [0.15, 0.2) is 48.8 Å². The quantitative estimate of drug-likeness (QED) is 0.540. The highest BCUT2D eigenvalue weighted by molar-refractivity contribution is 6.30. The van der Waals surface area contributed by atoms with E-state index in [0.717, 1.165) is 0 Å². The minimum Gasteiger partial charge on any atom is -0.431 e. The van der Waals surface area contributed by atoms with Gasteiger partial charge in [-0.15, -0.1) is 0 Å². The van der Waals surface area contributed by atoms with E-state index in [1.54, 1.807) is 12.1 Å². The topological polar surface area (TPSA) is 78.2 Å². The first kappa shape index (κ1) is 13.3.